The van der Waals surface area contributed by atoms with Gasteiger partial charge in [0.2, 0.25) is 5.82 Å². The van der Waals surface area contributed by atoms with Crippen LogP contribution in [0.25, 0.3) is 11.0 Å². The van der Waals surface area contributed by atoms with Gasteiger partial charge in [-0.2, -0.15) is 13.2 Å². The van der Waals surface area contributed by atoms with Crippen molar-refractivity contribution in [3.8, 4) is 0 Å². The van der Waals surface area contributed by atoms with Crippen LogP contribution in [0.3, 0.4) is 0 Å². The number of halogens is 4. The number of fused-ring (bicyclic) bond motifs is 1. The normalized spacial score (nSPS) is 18.3. The quantitative estimate of drug-likeness (QED) is 0.498. The van der Waals surface area contributed by atoms with E-state index in [0.29, 0.717) is 30.8 Å². The lowest BCUT2D eigenvalue weighted by Crippen LogP contribution is -2.37. The molecule has 0 aliphatic carbocycles. The highest BCUT2D eigenvalue weighted by Crippen LogP contribution is 2.35. The number of morpholine rings is 1. The lowest BCUT2D eigenvalue weighted by atomic mass is 9.96. The molecule has 5 rings (SSSR count). The number of para-hydroxylation sites is 2. The fraction of sp³-hybridized carbons (Fsp3) is 0.458. The summed E-state index contributed by atoms with van der Waals surface area (Å²) in [6.45, 7) is 4.94. The summed E-state index contributed by atoms with van der Waals surface area (Å²) >= 11 is 6.60. The average Bonchev–Trinajstić information content (AvgIpc) is 3.19. The topological polar surface area (TPSA) is 33.5 Å². The standard InChI is InChI=1S/C24H26ClF3N4O/c25-19-15-18(5-6-21(19)31-11-13-33-14-12-31)30-9-7-17(8-10-30)16-32-22-4-2-1-3-20(22)29-23(32)24(26,27)28/h1-6,15,17H,7-14,16H2. The molecule has 33 heavy (non-hydrogen) atoms. The molecule has 0 spiro atoms. The van der Waals surface area contributed by atoms with Crippen LogP contribution in [0.5, 0.6) is 0 Å². The number of hydrogen-bond acceptors (Lipinski definition) is 4. The first-order valence-corrected chi connectivity index (χ1v) is 11.7. The van der Waals surface area contributed by atoms with E-state index in [9.17, 15) is 13.2 Å². The van der Waals surface area contributed by atoms with E-state index in [4.69, 9.17) is 16.3 Å². The van der Waals surface area contributed by atoms with E-state index in [2.05, 4.69) is 26.9 Å². The number of alkyl halides is 3. The van der Waals surface area contributed by atoms with E-state index < -0.39 is 12.0 Å². The van der Waals surface area contributed by atoms with Crippen LogP contribution in [0.2, 0.25) is 5.02 Å². The summed E-state index contributed by atoms with van der Waals surface area (Å²) in [5.41, 5.74) is 3.00. The number of hydrogen-bond donors (Lipinski definition) is 0. The Morgan fingerprint density at radius 3 is 2.39 bits per heavy atom. The zero-order valence-corrected chi connectivity index (χ0v) is 18.9. The molecule has 3 heterocycles. The van der Waals surface area contributed by atoms with Crippen LogP contribution >= 0.6 is 11.6 Å². The van der Waals surface area contributed by atoms with Gasteiger partial charge in [0.05, 0.1) is 35.0 Å². The lowest BCUT2D eigenvalue weighted by molar-refractivity contribution is -0.147. The number of rotatable bonds is 4. The summed E-state index contributed by atoms with van der Waals surface area (Å²) in [4.78, 5) is 8.37. The van der Waals surface area contributed by atoms with Crippen molar-refractivity contribution in [1.82, 2.24) is 9.55 Å². The van der Waals surface area contributed by atoms with Gasteiger partial charge >= 0.3 is 6.18 Å². The van der Waals surface area contributed by atoms with Gasteiger partial charge in [0.1, 0.15) is 0 Å². The number of aromatic nitrogens is 2. The van der Waals surface area contributed by atoms with Crippen molar-refractivity contribution in [2.45, 2.75) is 25.6 Å². The third kappa shape index (κ3) is 4.64. The fourth-order valence-electron chi connectivity index (χ4n) is 4.86. The maximum atomic E-state index is 13.6. The van der Waals surface area contributed by atoms with Crippen molar-refractivity contribution in [3.05, 3.63) is 53.3 Å². The fourth-order valence-corrected chi connectivity index (χ4v) is 5.16. The molecule has 0 atom stereocenters. The van der Waals surface area contributed by atoms with E-state index in [1.807, 2.05) is 6.07 Å². The van der Waals surface area contributed by atoms with Gasteiger partial charge in [-0.3, -0.25) is 0 Å². The number of piperidine rings is 1. The summed E-state index contributed by atoms with van der Waals surface area (Å²) in [6, 6.07) is 13.0. The number of ether oxygens (including phenoxy) is 1. The Labute approximate surface area is 195 Å². The van der Waals surface area contributed by atoms with Crippen LogP contribution in [0, 0.1) is 5.92 Å². The van der Waals surface area contributed by atoms with Gasteiger partial charge in [-0.1, -0.05) is 23.7 Å². The molecule has 0 bridgehead atoms. The molecule has 2 aliphatic rings. The highest BCUT2D eigenvalue weighted by Gasteiger charge is 2.38. The highest BCUT2D eigenvalue weighted by molar-refractivity contribution is 6.33. The Morgan fingerprint density at radius 1 is 0.970 bits per heavy atom. The highest BCUT2D eigenvalue weighted by atomic mass is 35.5. The second-order valence-electron chi connectivity index (χ2n) is 8.70. The van der Waals surface area contributed by atoms with Gasteiger partial charge in [0, 0.05) is 38.4 Å². The second-order valence-corrected chi connectivity index (χ2v) is 9.11. The van der Waals surface area contributed by atoms with Crippen LogP contribution in [0.4, 0.5) is 24.5 Å². The van der Waals surface area contributed by atoms with Gasteiger partial charge in [-0.25, -0.2) is 4.98 Å². The molecule has 5 nitrogen and oxygen atoms in total. The average molecular weight is 479 g/mol. The summed E-state index contributed by atoms with van der Waals surface area (Å²) in [5, 5.41) is 0.719. The lowest BCUT2D eigenvalue weighted by Gasteiger charge is -2.35. The molecule has 0 amide bonds. The summed E-state index contributed by atoms with van der Waals surface area (Å²) in [5.74, 6) is -0.653. The second kappa shape index (κ2) is 9.06. The van der Waals surface area contributed by atoms with Crippen molar-refractivity contribution in [1.29, 1.82) is 0 Å². The van der Waals surface area contributed by atoms with Crippen molar-refractivity contribution in [2.24, 2.45) is 5.92 Å². The first-order chi connectivity index (χ1) is 15.9. The van der Waals surface area contributed by atoms with E-state index in [1.54, 1.807) is 24.3 Å². The summed E-state index contributed by atoms with van der Waals surface area (Å²) in [7, 11) is 0. The Balaban J connectivity index is 1.27. The molecule has 2 fully saturated rings. The molecule has 9 heteroatoms. The van der Waals surface area contributed by atoms with Crippen LogP contribution in [-0.2, 0) is 17.5 Å². The van der Waals surface area contributed by atoms with E-state index in [0.717, 1.165) is 55.4 Å². The molecule has 176 valence electrons. The first-order valence-electron chi connectivity index (χ1n) is 11.3. The first kappa shape index (κ1) is 22.3. The number of imidazole rings is 1. The zero-order valence-electron chi connectivity index (χ0n) is 18.2. The Morgan fingerprint density at radius 2 is 1.70 bits per heavy atom. The molecule has 0 saturated carbocycles. The Kier molecular flexibility index (Phi) is 6.14. The smallest absolute Gasteiger partial charge is 0.378 e. The molecule has 0 unspecified atom stereocenters. The molecule has 2 aliphatic heterocycles. The van der Waals surface area contributed by atoms with Gasteiger partial charge in [-0.05, 0) is 49.1 Å². The van der Waals surface area contributed by atoms with E-state index >= 15 is 0 Å². The molecule has 0 N–H and O–H groups in total. The number of anilines is 2. The number of nitrogens with zero attached hydrogens (tertiary/aromatic N) is 4. The van der Waals surface area contributed by atoms with Crippen molar-refractivity contribution in [2.75, 3.05) is 49.2 Å². The minimum atomic E-state index is -4.47. The van der Waals surface area contributed by atoms with Gasteiger partial charge in [0.25, 0.3) is 0 Å². The van der Waals surface area contributed by atoms with E-state index in [1.165, 1.54) is 4.57 Å². The largest absolute Gasteiger partial charge is 0.449 e. The van der Waals surface area contributed by atoms with Gasteiger partial charge in [-0.15, -0.1) is 0 Å². The molecule has 0 radical (unpaired) electrons. The molecular formula is C24H26ClF3N4O. The maximum absolute atomic E-state index is 13.6. The minimum Gasteiger partial charge on any atom is -0.378 e. The third-order valence-electron chi connectivity index (χ3n) is 6.61. The predicted molar refractivity (Wildman–Crippen MR) is 124 cm³/mol. The zero-order chi connectivity index (χ0) is 23.0. The Bertz CT molecular complexity index is 1120. The van der Waals surface area contributed by atoms with Crippen molar-refractivity contribution in [3.63, 3.8) is 0 Å². The summed E-state index contributed by atoms with van der Waals surface area (Å²) < 4.78 is 47.6. The molecule has 2 saturated heterocycles. The van der Waals surface area contributed by atoms with E-state index in [-0.39, 0.29) is 5.92 Å². The van der Waals surface area contributed by atoms with Crippen molar-refractivity contribution >= 4 is 34.0 Å². The Hall–Kier alpha value is -2.45. The molecule has 3 aromatic rings. The van der Waals surface area contributed by atoms with Crippen LogP contribution < -0.4 is 9.80 Å². The monoisotopic (exact) mass is 478 g/mol. The maximum Gasteiger partial charge on any atom is 0.449 e. The SMILES string of the molecule is FC(F)(F)c1nc2ccccc2n1CC1CCN(c2ccc(N3CCOCC3)c(Cl)c2)CC1. The molecule has 2 aromatic carbocycles. The summed E-state index contributed by atoms with van der Waals surface area (Å²) in [6.07, 6.45) is -2.85. The van der Waals surface area contributed by atoms with Crippen LogP contribution in [0.1, 0.15) is 18.7 Å². The van der Waals surface area contributed by atoms with Gasteiger partial charge in [0.15, 0.2) is 0 Å². The molecular weight excluding hydrogens is 453 g/mol. The van der Waals surface area contributed by atoms with Crippen molar-refractivity contribution < 1.29 is 17.9 Å². The predicted octanol–water partition coefficient (Wildman–Crippen LogP) is 5.46. The van der Waals surface area contributed by atoms with Gasteiger partial charge < -0.3 is 19.1 Å². The molecule has 1 aromatic heterocycles. The van der Waals surface area contributed by atoms with Crippen LogP contribution in [-0.4, -0.2) is 48.9 Å². The van der Waals surface area contributed by atoms with Crippen LogP contribution in [0.15, 0.2) is 42.5 Å². The third-order valence-corrected chi connectivity index (χ3v) is 6.91. The number of benzene rings is 2. The minimum absolute atomic E-state index is 0.156.